The van der Waals surface area contributed by atoms with E-state index >= 15 is 0 Å². The maximum atomic E-state index is 12.8. The van der Waals surface area contributed by atoms with Crippen LogP contribution >= 0.6 is 11.3 Å². The summed E-state index contributed by atoms with van der Waals surface area (Å²) in [6.45, 7) is 0.339. The van der Waals surface area contributed by atoms with Crippen molar-refractivity contribution in [2.75, 3.05) is 11.9 Å². The van der Waals surface area contributed by atoms with E-state index in [1.165, 1.54) is 21.2 Å². The van der Waals surface area contributed by atoms with Crippen LogP contribution in [0.2, 0.25) is 0 Å². The lowest BCUT2D eigenvalue weighted by molar-refractivity contribution is -0.120. The number of amides is 1. The molecule has 1 atom stereocenters. The molecule has 1 aromatic heterocycles. The van der Waals surface area contributed by atoms with Gasteiger partial charge in [-0.3, -0.25) is 10.1 Å². The van der Waals surface area contributed by atoms with Crippen LogP contribution in [0.15, 0.2) is 40.7 Å². The average molecular weight is 352 g/mol. The van der Waals surface area contributed by atoms with Crippen LogP contribution < -0.4 is 5.32 Å². The van der Waals surface area contributed by atoms with Gasteiger partial charge in [-0.25, -0.2) is 8.42 Å². The zero-order chi connectivity index (χ0) is 16.3. The highest BCUT2D eigenvalue weighted by atomic mass is 32.2. The largest absolute Gasteiger partial charge is 0.299 e. The van der Waals surface area contributed by atoms with Crippen molar-refractivity contribution in [2.24, 2.45) is 0 Å². The summed E-state index contributed by atoms with van der Waals surface area (Å²) in [7, 11) is -3.70. The smallest absolute Gasteiger partial charge is 0.244 e. The van der Waals surface area contributed by atoms with Crippen LogP contribution in [0.25, 0.3) is 0 Å². The minimum absolute atomic E-state index is 0.204. The molecule has 1 N–H and O–H groups in total. The van der Waals surface area contributed by atoms with E-state index in [9.17, 15) is 13.2 Å². The molecule has 0 radical (unpaired) electrons. The lowest BCUT2D eigenvalue weighted by Crippen LogP contribution is -2.49. The summed E-state index contributed by atoms with van der Waals surface area (Å²) < 4.78 is 26.9. The number of carbonyl (C=O) groups is 1. The van der Waals surface area contributed by atoms with Crippen LogP contribution in [0.3, 0.4) is 0 Å². The normalized spacial score (nSPS) is 19.4. The topological polar surface area (TPSA) is 92.3 Å². The standard InChI is InChI=1S/C14H16N4O3S2/c19-13(16-14-17-15-10-22-14)12-8-4-5-9-18(12)23(20,21)11-6-2-1-3-7-11/h1-3,6-7,10,12H,4-5,8-9H2,(H,16,17,19). The maximum absolute atomic E-state index is 12.8. The summed E-state index contributed by atoms with van der Waals surface area (Å²) in [6.07, 6.45) is 2.06. The highest BCUT2D eigenvalue weighted by Gasteiger charge is 2.37. The number of rotatable bonds is 4. The fourth-order valence-corrected chi connectivity index (χ4v) is 4.72. The summed E-state index contributed by atoms with van der Waals surface area (Å²) in [5.41, 5.74) is 1.51. The van der Waals surface area contributed by atoms with Crippen LogP contribution in [0, 0.1) is 0 Å². The van der Waals surface area contributed by atoms with Crippen molar-refractivity contribution in [1.82, 2.24) is 14.5 Å². The van der Waals surface area contributed by atoms with Gasteiger partial charge in [-0.15, -0.1) is 10.2 Å². The summed E-state index contributed by atoms with van der Waals surface area (Å²) in [6, 6.07) is 7.47. The Bertz CT molecular complexity index is 763. The quantitative estimate of drug-likeness (QED) is 0.904. The second-order valence-electron chi connectivity index (χ2n) is 5.17. The summed E-state index contributed by atoms with van der Waals surface area (Å²) >= 11 is 1.20. The minimum atomic E-state index is -3.70. The molecule has 1 fully saturated rings. The van der Waals surface area contributed by atoms with Crippen molar-refractivity contribution >= 4 is 32.4 Å². The van der Waals surface area contributed by atoms with Crippen molar-refractivity contribution in [2.45, 2.75) is 30.2 Å². The van der Waals surface area contributed by atoms with Gasteiger partial charge in [0.15, 0.2) is 0 Å². The molecular weight excluding hydrogens is 336 g/mol. The molecule has 1 amide bonds. The molecule has 1 aliphatic rings. The number of anilines is 1. The van der Waals surface area contributed by atoms with Crippen LogP contribution in [0.4, 0.5) is 5.13 Å². The third-order valence-corrected chi connectivity index (χ3v) is 6.23. The molecule has 2 heterocycles. The predicted octanol–water partition coefficient (Wildman–Crippen LogP) is 1.72. The van der Waals surface area contributed by atoms with Gasteiger partial charge in [0, 0.05) is 6.54 Å². The zero-order valence-electron chi connectivity index (χ0n) is 12.3. The first-order valence-corrected chi connectivity index (χ1v) is 9.55. The SMILES string of the molecule is O=C(Nc1nncs1)C1CCCCN1S(=O)(=O)c1ccccc1. The number of sulfonamides is 1. The van der Waals surface area contributed by atoms with Gasteiger partial charge >= 0.3 is 0 Å². The van der Waals surface area contributed by atoms with Gasteiger partial charge in [0.25, 0.3) is 0 Å². The Morgan fingerprint density at radius 1 is 1.26 bits per heavy atom. The Morgan fingerprint density at radius 3 is 2.74 bits per heavy atom. The number of piperidine rings is 1. The van der Waals surface area contributed by atoms with Crippen LogP contribution in [0.1, 0.15) is 19.3 Å². The first-order valence-electron chi connectivity index (χ1n) is 7.23. The molecule has 2 aromatic rings. The third kappa shape index (κ3) is 3.41. The van der Waals surface area contributed by atoms with E-state index in [0.29, 0.717) is 18.1 Å². The Kier molecular flexibility index (Phi) is 4.69. The van der Waals surface area contributed by atoms with Gasteiger partial charge in [-0.05, 0) is 25.0 Å². The minimum Gasteiger partial charge on any atom is -0.299 e. The highest BCUT2D eigenvalue weighted by Crippen LogP contribution is 2.26. The fraction of sp³-hybridized carbons (Fsp3) is 0.357. The summed E-state index contributed by atoms with van der Waals surface area (Å²) in [5.74, 6) is -0.360. The molecule has 122 valence electrons. The highest BCUT2D eigenvalue weighted by molar-refractivity contribution is 7.89. The molecule has 3 rings (SSSR count). The Balaban J connectivity index is 1.85. The Labute approximate surface area is 138 Å². The number of hydrogen-bond donors (Lipinski definition) is 1. The predicted molar refractivity (Wildman–Crippen MR) is 86.5 cm³/mol. The van der Waals surface area contributed by atoms with E-state index in [2.05, 4.69) is 15.5 Å². The van der Waals surface area contributed by atoms with Crippen molar-refractivity contribution in [3.8, 4) is 0 Å². The monoisotopic (exact) mass is 352 g/mol. The maximum Gasteiger partial charge on any atom is 0.244 e. The van der Waals surface area contributed by atoms with E-state index in [-0.39, 0.29) is 10.8 Å². The second kappa shape index (κ2) is 6.73. The molecule has 1 saturated heterocycles. The number of benzene rings is 1. The second-order valence-corrected chi connectivity index (χ2v) is 7.90. The molecule has 0 saturated carbocycles. The molecule has 7 nitrogen and oxygen atoms in total. The van der Waals surface area contributed by atoms with E-state index < -0.39 is 16.1 Å². The van der Waals surface area contributed by atoms with Gasteiger partial charge in [-0.2, -0.15) is 4.31 Å². The molecule has 1 aromatic carbocycles. The molecule has 0 bridgehead atoms. The van der Waals surface area contributed by atoms with Crippen molar-refractivity contribution < 1.29 is 13.2 Å². The third-order valence-electron chi connectivity index (χ3n) is 3.70. The van der Waals surface area contributed by atoms with E-state index in [4.69, 9.17) is 0 Å². The molecule has 0 aliphatic carbocycles. The van der Waals surface area contributed by atoms with Crippen molar-refractivity contribution in [3.63, 3.8) is 0 Å². The lowest BCUT2D eigenvalue weighted by atomic mass is 10.0. The number of carbonyl (C=O) groups excluding carboxylic acids is 1. The van der Waals surface area contributed by atoms with Crippen molar-refractivity contribution in [1.29, 1.82) is 0 Å². The average Bonchev–Trinajstić information content (AvgIpc) is 3.08. The van der Waals surface area contributed by atoms with Crippen molar-refractivity contribution in [3.05, 3.63) is 35.8 Å². The number of aromatic nitrogens is 2. The van der Waals surface area contributed by atoms with E-state index in [1.54, 1.807) is 30.3 Å². The summed E-state index contributed by atoms with van der Waals surface area (Å²) in [5, 5.41) is 10.4. The van der Waals surface area contributed by atoms with Gasteiger partial charge in [-0.1, -0.05) is 36.0 Å². The molecule has 9 heteroatoms. The molecule has 1 unspecified atom stereocenters. The van der Waals surface area contributed by atoms with E-state index in [1.807, 2.05) is 0 Å². The van der Waals surface area contributed by atoms with Crippen LogP contribution in [-0.2, 0) is 14.8 Å². The zero-order valence-corrected chi connectivity index (χ0v) is 13.9. The molecule has 1 aliphatic heterocycles. The van der Waals surface area contributed by atoms with Gasteiger partial charge in [0.2, 0.25) is 21.1 Å². The number of nitrogens with one attached hydrogen (secondary N) is 1. The van der Waals surface area contributed by atoms with E-state index in [0.717, 1.165) is 12.8 Å². The number of hydrogen-bond acceptors (Lipinski definition) is 6. The first-order chi connectivity index (χ1) is 11.1. The first kappa shape index (κ1) is 16.0. The Morgan fingerprint density at radius 2 is 2.04 bits per heavy atom. The fourth-order valence-electron chi connectivity index (χ4n) is 2.60. The van der Waals surface area contributed by atoms with Gasteiger partial charge in [0.05, 0.1) is 4.90 Å². The van der Waals surface area contributed by atoms with Gasteiger partial charge in [0.1, 0.15) is 11.6 Å². The van der Waals surface area contributed by atoms with Crippen LogP contribution in [-0.4, -0.2) is 41.4 Å². The molecule has 23 heavy (non-hydrogen) atoms. The summed E-state index contributed by atoms with van der Waals surface area (Å²) in [4.78, 5) is 12.7. The van der Waals surface area contributed by atoms with Crippen LogP contribution in [0.5, 0.6) is 0 Å². The Hall–Kier alpha value is -1.84. The molecular formula is C14H16N4O3S2. The molecule has 0 spiro atoms. The number of nitrogens with zero attached hydrogens (tertiary/aromatic N) is 3. The lowest BCUT2D eigenvalue weighted by Gasteiger charge is -2.33. The van der Waals surface area contributed by atoms with Gasteiger partial charge < -0.3 is 0 Å².